The van der Waals surface area contributed by atoms with Gasteiger partial charge in [-0.25, -0.2) is 9.50 Å². The van der Waals surface area contributed by atoms with Gasteiger partial charge in [-0.2, -0.15) is 5.10 Å². The Morgan fingerprint density at radius 3 is 2.67 bits per heavy atom. The number of nitrogens with one attached hydrogen (secondary N) is 1. The van der Waals surface area contributed by atoms with Gasteiger partial charge in [0.2, 0.25) is 6.79 Å². The van der Waals surface area contributed by atoms with Crippen molar-refractivity contribution in [2.75, 3.05) is 6.79 Å². The molecule has 8 heteroatoms. The number of benzene rings is 2. The van der Waals surface area contributed by atoms with E-state index in [9.17, 15) is 4.79 Å². The zero-order valence-electron chi connectivity index (χ0n) is 18.6. The lowest BCUT2D eigenvalue weighted by atomic mass is 9.93. The average Bonchev–Trinajstić information content (AvgIpc) is 3.43. The molecule has 168 valence electrons. The highest BCUT2D eigenvalue weighted by Gasteiger charge is 2.22. The van der Waals surface area contributed by atoms with Gasteiger partial charge in [-0.1, -0.05) is 56.6 Å². The minimum absolute atomic E-state index is 0.196. The van der Waals surface area contributed by atoms with Gasteiger partial charge in [-0.05, 0) is 29.8 Å². The van der Waals surface area contributed by atoms with E-state index in [0.717, 1.165) is 16.8 Å². The summed E-state index contributed by atoms with van der Waals surface area (Å²) < 4.78 is 12.4. The van der Waals surface area contributed by atoms with E-state index in [1.165, 1.54) is 0 Å². The molecule has 0 saturated carbocycles. The topological polar surface area (TPSA) is 77.8 Å². The number of amides is 1. The molecule has 3 heterocycles. The SMILES string of the molecule is CC(C)(C)c1cc2nc(-c3ccccc3Cl)cc(C(=O)NCc3ccc4c(c3)OCO4)n2n1. The largest absolute Gasteiger partial charge is 0.454 e. The van der Waals surface area contributed by atoms with E-state index in [-0.39, 0.29) is 18.1 Å². The molecule has 1 aliphatic heterocycles. The molecule has 2 aromatic carbocycles. The van der Waals surface area contributed by atoms with Crippen LogP contribution in [0.1, 0.15) is 42.5 Å². The number of nitrogens with zero attached hydrogens (tertiary/aromatic N) is 3. The quantitative estimate of drug-likeness (QED) is 0.461. The summed E-state index contributed by atoms with van der Waals surface area (Å²) in [5, 5.41) is 8.24. The van der Waals surface area contributed by atoms with Crippen LogP contribution < -0.4 is 14.8 Å². The maximum atomic E-state index is 13.3. The van der Waals surface area contributed by atoms with Gasteiger partial charge < -0.3 is 14.8 Å². The molecule has 1 aliphatic rings. The molecular formula is C25H23ClN4O3. The van der Waals surface area contributed by atoms with Gasteiger partial charge in [0.05, 0.1) is 11.4 Å². The summed E-state index contributed by atoms with van der Waals surface area (Å²) in [7, 11) is 0. The maximum absolute atomic E-state index is 13.3. The minimum atomic E-state index is -0.267. The fourth-order valence-corrected chi connectivity index (χ4v) is 3.87. The number of halogens is 1. The predicted molar refractivity (Wildman–Crippen MR) is 126 cm³/mol. The van der Waals surface area contributed by atoms with E-state index in [4.69, 9.17) is 26.1 Å². The van der Waals surface area contributed by atoms with E-state index < -0.39 is 0 Å². The molecule has 1 N–H and O–H groups in total. The first-order valence-electron chi connectivity index (χ1n) is 10.6. The molecule has 1 amide bonds. The second kappa shape index (κ2) is 8.08. The van der Waals surface area contributed by atoms with E-state index >= 15 is 0 Å². The van der Waals surface area contributed by atoms with Crippen molar-refractivity contribution in [3.8, 4) is 22.8 Å². The van der Waals surface area contributed by atoms with Crippen LogP contribution in [0.5, 0.6) is 11.5 Å². The van der Waals surface area contributed by atoms with Crippen molar-refractivity contribution in [3.05, 3.63) is 76.6 Å². The summed E-state index contributed by atoms with van der Waals surface area (Å²) in [6.45, 7) is 6.75. The summed E-state index contributed by atoms with van der Waals surface area (Å²) in [5.74, 6) is 1.12. The Bertz CT molecular complexity index is 1370. The normalized spacial score (nSPS) is 12.8. The van der Waals surface area contributed by atoms with Crippen LogP contribution in [0.25, 0.3) is 16.9 Å². The number of fused-ring (bicyclic) bond motifs is 2. The molecule has 0 atom stereocenters. The Balaban J connectivity index is 1.52. The molecular weight excluding hydrogens is 440 g/mol. The van der Waals surface area contributed by atoms with Crippen LogP contribution in [-0.2, 0) is 12.0 Å². The number of hydrogen-bond donors (Lipinski definition) is 1. The van der Waals surface area contributed by atoms with Crippen LogP contribution in [0.15, 0.2) is 54.6 Å². The van der Waals surface area contributed by atoms with Crippen molar-refractivity contribution in [1.82, 2.24) is 19.9 Å². The molecule has 7 nitrogen and oxygen atoms in total. The molecule has 0 spiro atoms. The standard InChI is InChI=1S/C25H23ClN4O3/c1-25(2,3)22-12-23-28-18(16-6-4-5-7-17(16)26)11-19(30(23)29-22)24(31)27-13-15-8-9-20-21(10-15)33-14-32-20/h4-12H,13-14H2,1-3H3,(H,27,31). The number of carbonyl (C=O) groups is 1. The van der Waals surface area contributed by atoms with E-state index in [0.29, 0.717) is 40.1 Å². The van der Waals surface area contributed by atoms with Crippen molar-refractivity contribution in [3.63, 3.8) is 0 Å². The predicted octanol–water partition coefficient (Wildman–Crippen LogP) is 5.01. The van der Waals surface area contributed by atoms with E-state index in [1.54, 1.807) is 16.6 Å². The summed E-state index contributed by atoms with van der Waals surface area (Å²) in [4.78, 5) is 18.1. The van der Waals surface area contributed by atoms with Crippen molar-refractivity contribution in [2.45, 2.75) is 32.7 Å². The summed E-state index contributed by atoms with van der Waals surface area (Å²) in [6, 6.07) is 16.7. The van der Waals surface area contributed by atoms with Gasteiger partial charge >= 0.3 is 0 Å². The van der Waals surface area contributed by atoms with Crippen molar-refractivity contribution >= 4 is 23.2 Å². The van der Waals surface area contributed by atoms with Crippen molar-refractivity contribution in [1.29, 1.82) is 0 Å². The Labute approximate surface area is 196 Å². The van der Waals surface area contributed by atoms with E-state index in [1.807, 2.05) is 42.5 Å². The van der Waals surface area contributed by atoms with Crippen LogP contribution in [0.4, 0.5) is 0 Å². The van der Waals surface area contributed by atoms with Gasteiger partial charge in [-0.15, -0.1) is 0 Å². The third-order valence-electron chi connectivity index (χ3n) is 5.47. The Morgan fingerprint density at radius 1 is 1.09 bits per heavy atom. The minimum Gasteiger partial charge on any atom is -0.454 e. The number of carbonyl (C=O) groups excluding carboxylic acids is 1. The first-order valence-corrected chi connectivity index (χ1v) is 11.0. The maximum Gasteiger partial charge on any atom is 0.270 e. The van der Waals surface area contributed by atoms with Gasteiger partial charge in [0, 0.05) is 28.6 Å². The summed E-state index contributed by atoms with van der Waals surface area (Å²) >= 11 is 6.42. The Kier molecular flexibility index (Phi) is 5.21. The molecule has 0 radical (unpaired) electrons. The lowest BCUT2D eigenvalue weighted by Gasteiger charge is -2.13. The van der Waals surface area contributed by atoms with Crippen molar-refractivity contribution < 1.29 is 14.3 Å². The van der Waals surface area contributed by atoms with Crippen LogP contribution in [-0.4, -0.2) is 27.3 Å². The number of ether oxygens (including phenoxy) is 2. The second-order valence-electron chi connectivity index (χ2n) is 8.93. The van der Waals surface area contributed by atoms with Crippen LogP contribution in [0, 0.1) is 0 Å². The molecule has 0 unspecified atom stereocenters. The molecule has 0 fully saturated rings. The first kappa shape index (κ1) is 21.3. The molecule has 2 aromatic heterocycles. The van der Waals surface area contributed by atoms with Crippen LogP contribution >= 0.6 is 11.6 Å². The monoisotopic (exact) mass is 462 g/mol. The third kappa shape index (κ3) is 4.12. The molecule has 33 heavy (non-hydrogen) atoms. The Morgan fingerprint density at radius 2 is 1.88 bits per heavy atom. The van der Waals surface area contributed by atoms with Gasteiger partial charge in [0.25, 0.3) is 5.91 Å². The fourth-order valence-electron chi connectivity index (χ4n) is 3.63. The second-order valence-corrected chi connectivity index (χ2v) is 9.33. The lowest BCUT2D eigenvalue weighted by Crippen LogP contribution is -2.26. The smallest absolute Gasteiger partial charge is 0.270 e. The highest BCUT2D eigenvalue weighted by Crippen LogP contribution is 2.32. The molecule has 4 aromatic rings. The zero-order chi connectivity index (χ0) is 23.2. The third-order valence-corrected chi connectivity index (χ3v) is 5.80. The Hall–Kier alpha value is -3.58. The zero-order valence-corrected chi connectivity index (χ0v) is 19.3. The molecule has 5 rings (SSSR count). The lowest BCUT2D eigenvalue weighted by molar-refractivity contribution is 0.0943. The fraction of sp³-hybridized carbons (Fsp3) is 0.240. The van der Waals surface area contributed by atoms with Gasteiger partial charge in [0.15, 0.2) is 17.1 Å². The molecule has 0 bridgehead atoms. The highest BCUT2D eigenvalue weighted by molar-refractivity contribution is 6.33. The number of rotatable bonds is 4. The van der Waals surface area contributed by atoms with Crippen molar-refractivity contribution in [2.24, 2.45) is 0 Å². The number of aromatic nitrogens is 3. The molecule has 0 saturated heterocycles. The van der Waals surface area contributed by atoms with Crippen LogP contribution in [0.2, 0.25) is 5.02 Å². The first-order chi connectivity index (χ1) is 15.8. The van der Waals surface area contributed by atoms with Gasteiger partial charge in [-0.3, -0.25) is 4.79 Å². The van der Waals surface area contributed by atoms with E-state index in [2.05, 4.69) is 31.2 Å². The molecule has 0 aliphatic carbocycles. The average molecular weight is 463 g/mol. The summed E-state index contributed by atoms with van der Waals surface area (Å²) in [6.07, 6.45) is 0. The summed E-state index contributed by atoms with van der Waals surface area (Å²) in [5.41, 5.74) is 3.89. The van der Waals surface area contributed by atoms with Gasteiger partial charge in [0.1, 0.15) is 5.69 Å². The highest BCUT2D eigenvalue weighted by atomic mass is 35.5. The number of hydrogen-bond acceptors (Lipinski definition) is 5. The van der Waals surface area contributed by atoms with Crippen LogP contribution in [0.3, 0.4) is 0 Å².